The van der Waals surface area contributed by atoms with Crippen LogP contribution in [0.3, 0.4) is 0 Å². The summed E-state index contributed by atoms with van der Waals surface area (Å²) in [6.45, 7) is 3.49. The molecule has 0 radical (unpaired) electrons. The summed E-state index contributed by atoms with van der Waals surface area (Å²) < 4.78 is 3.22. The van der Waals surface area contributed by atoms with E-state index in [1.54, 1.807) is 0 Å². The Kier molecular flexibility index (Phi) is 20.3. The zero-order chi connectivity index (χ0) is 14.7. The molecule has 0 aliphatic carbocycles. The van der Waals surface area contributed by atoms with Crippen LogP contribution in [-0.4, -0.2) is 6.54 Å². The van der Waals surface area contributed by atoms with Gasteiger partial charge in [-0.25, -0.2) is 0 Å². The van der Waals surface area contributed by atoms with E-state index in [0.717, 1.165) is 0 Å². The van der Waals surface area contributed by atoms with Crippen molar-refractivity contribution in [2.24, 2.45) is 0 Å². The molecule has 0 aromatic carbocycles. The molecule has 119 valence electrons. The quantitative estimate of drug-likeness (QED) is 0.245. The number of unbranched alkanes of at least 4 members (excludes halogenated alkanes) is 15. The summed E-state index contributed by atoms with van der Waals surface area (Å²) in [4.78, 5) is 0. The summed E-state index contributed by atoms with van der Waals surface area (Å²) in [5, 5.41) is 0. The van der Waals surface area contributed by atoms with Gasteiger partial charge in [0.25, 0.3) is 0 Å². The van der Waals surface area contributed by atoms with Crippen LogP contribution < -0.4 is 3.80 Å². The Bertz CT molecular complexity index is 143. The molecule has 0 rings (SSSR count). The van der Waals surface area contributed by atoms with Gasteiger partial charge in [-0.15, -0.1) is 0 Å². The number of hydrogen-bond donors (Lipinski definition) is 1. The van der Waals surface area contributed by atoms with E-state index in [9.17, 15) is 0 Å². The van der Waals surface area contributed by atoms with Crippen molar-refractivity contribution in [3.05, 3.63) is 0 Å². The summed E-state index contributed by atoms with van der Waals surface area (Å²) in [5.41, 5.74) is 0. The average Bonchev–Trinajstić information content (AvgIpc) is 2.47. The summed E-state index contributed by atoms with van der Waals surface area (Å²) in [6, 6.07) is 0. The van der Waals surface area contributed by atoms with Gasteiger partial charge in [-0.05, 0) is 0 Å². The molecule has 0 aromatic rings. The van der Waals surface area contributed by atoms with E-state index >= 15 is 0 Å². The molecular weight excluding hydrogens is 278 g/mol. The molecule has 0 aromatic heterocycles. The average molecular weight is 316 g/mol. The molecule has 1 N–H and O–H groups in total. The first-order valence-corrected chi connectivity index (χ1v) is 10.1. The minimum atomic E-state index is 1.19. The van der Waals surface area contributed by atoms with E-state index in [4.69, 9.17) is 0 Å². The van der Waals surface area contributed by atoms with Gasteiger partial charge in [0.1, 0.15) is 0 Å². The third kappa shape index (κ3) is 18.7. The molecule has 0 spiro atoms. The van der Waals surface area contributed by atoms with E-state index in [1.807, 2.05) is 20.7 Å². The van der Waals surface area contributed by atoms with E-state index < -0.39 is 0 Å². The van der Waals surface area contributed by atoms with Gasteiger partial charge in [0.15, 0.2) is 0 Å². The zero-order valence-electron chi connectivity index (χ0n) is 14.0. The van der Waals surface area contributed by atoms with Crippen molar-refractivity contribution >= 4 is 0 Å². The van der Waals surface area contributed by atoms with Crippen LogP contribution in [0.4, 0.5) is 0 Å². The van der Waals surface area contributed by atoms with E-state index in [0.29, 0.717) is 0 Å². The molecule has 0 unspecified atom stereocenters. The fraction of sp³-hybridized carbons (Fsp3) is 1.00. The molecule has 20 heavy (non-hydrogen) atoms. The number of rotatable bonds is 17. The molecule has 0 saturated carbocycles. The molecular formula is C18H38NTi. The van der Waals surface area contributed by atoms with E-state index in [2.05, 4.69) is 10.7 Å². The van der Waals surface area contributed by atoms with Gasteiger partial charge in [-0.1, -0.05) is 45.4 Å². The summed E-state index contributed by atoms with van der Waals surface area (Å²) in [6.07, 6.45) is 23.2. The molecule has 0 bridgehead atoms. The van der Waals surface area contributed by atoms with Crippen LogP contribution in [0.25, 0.3) is 0 Å². The topological polar surface area (TPSA) is 12.0 Å². The van der Waals surface area contributed by atoms with Crippen LogP contribution in [0.2, 0.25) is 0 Å². The Morgan fingerprint density at radius 2 is 0.800 bits per heavy atom. The van der Waals surface area contributed by atoms with Gasteiger partial charge < -0.3 is 0 Å². The van der Waals surface area contributed by atoms with Gasteiger partial charge in [0.05, 0.1) is 0 Å². The van der Waals surface area contributed by atoms with Crippen LogP contribution in [0.5, 0.6) is 0 Å². The van der Waals surface area contributed by atoms with E-state index in [1.165, 1.54) is 109 Å². The Hall–Kier alpha value is 0.674. The van der Waals surface area contributed by atoms with Crippen molar-refractivity contribution in [2.75, 3.05) is 6.54 Å². The Morgan fingerprint density at radius 1 is 0.500 bits per heavy atom. The van der Waals surface area contributed by atoms with Crippen molar-refractivity contribution in [3.63, 3.8) is 0 Å². The summed E-state index contributed by atoms with van der Waals surface area (Å²) in [5.74, 6) is 0. The van der Waals surface area contributed by atoms with Gasteiger partial charge in [0, 0.05) is 0 Å². The van der Waals surface area contributed by atoms with Gasteiger partial charge in [-0.2, -0.15) is 0 Å². The van der Waals surface area contributed by atoms with Crippen LogP contribution in [-0.2, 0) is 20.7 Å². The minimum absolute atomic E-state index is 1.19. The third-order valence-corrected chi connectivity index (χ3v) is 4.55. The molecule has 0 heterocycles. The van der Waals surface area contributed by atoms with Crippen molar-refractivity contribution in [1.82, 2.24) is 3.80 Å². The summed E-state index contributed by atoms with van der Waals surface area (Å²) >= 11 is 2.05. The molecule has 0 atom stereocenters. The first kappa shape index (κ1) is 20.7. The zero-order valence-corrected chi connectivity index (χ0v) is 15.6. The second-order valence-electron chi connectivity index (χ2n) is 6.23. The Labute approximate surface area is 140 Å². The van der Waals surface area contributed by atoms with Gasteiger partial charge in [-0.3, -0.25) is 0 Å². The van der Waals surface area contributed by atoms with Crippen molar-refractivity contribution < 1.29 is 20.7 Å². The van der Waals surface area contributed by atoms with Crippen molar-refractivity contribution in [2.45, 2.75) is 110 Å². The van der Waals surface area contributed by atoms with Crippen LogP contribution >= 0.6 is 0 Å². The normalized spacial score (nSPS) is 11.0. The Morgan fingerprint density at radius 3 is 1.10 bits per heavy atom. The van der Waals surface area contributed by atoms with E-state index in [-0.39, 0.29) is 0 Å². The Balaban J connectivity index is 2.89. The maximum atomic E-state index is 3.22. The number of hydrogen-bond acceptors (Lipinski definition) is 1. The fourth-order valence-electron chi connectivity index (χ4n) is 2.76. The van der Waals surface area contributed by atoms with Gasteiger partial charge in [0.2, 0.25) is 0 Å². The second kappa shape index (κ2) is 19.7. The SMILES string of the molecule is CCCCCCCCCCCCCCCCCC[NH][Ti]. The van der Waals surface area contributed by atoms with Crippen LogP contribution in [0.15, 0.2) is 0 Å². The second-order valence-corrected chi connectivity index (χ2v) is 6.78. The third-order valence-electron chi connectivity index (χ3n) is 4.16. The first-order chi connectivity index (χ1) is 9.91. The molecule has 0 saturated heterocycles. The molecule has 0 aliphatic heterocycles. The molecule has 0 fully saturated rings. The molecule has 0 amide bonds. The first-order valence-electron chi connectivity index (χ1n) is 9.31. The maximum absolute atomic E-state index is 3.22. The molecule has 1 nitrogen and oxygen atoms in total. The fourth-order valence-corrected chi connectivity index (χ4v) is 3.04. The van der Waals surface area contributed by atoms with Crippen LogP contribution in [0, 0.1) is 0 Å². The van der Waals surface area contributed by atoms with Crippen LogP contribution in [0.1, 0.15) is 110 Å². The molecule has 0 aliphatic rings. The number of nitrogens with one attached hydrogen (secondary N) is 1. The predicted octanol–water partition coefficient (Wildman–Crippen LogP) is 6.30. The standard InChI is InChI=1S/C18H38N.Ti/c1-2-3-4-5-6-7-8-9-10-11-12-13-14-15-16-17-18-19;/h19H,2-18H2,1H3;/q-1;+1. The van der Waals surface area contributed by atoms with Gasteiger partial charge >= 0.3 is 95.2 Å². The monoisotopic (exact) mass is 316 g/mol. The molecule has 2 heteroatoms. The predicted molar refractivity (Wildman–Crippen MR) is 87.5 cm³/mol. The van der Waals surface area contributed by atoms with Crippen molar-refractivity contribution in [1.29, 1.82) is 0 Å². The summed E-state index contributed by atoms with van der Waals surface area (Å²) in [7, 11) is 0. The van der Waals surface area contributed by atoms with Crippen molar-refractivity contribution in [3.8, 4) is 0 Å².